The van der Waals surface area contributed by atoms with Crippen LogP contribution in [0, 0.1) is 12.8 Å². The Balaban J connectivity index is 1.99. The summed E-state index contributed by atoms with van der Waals surface area (Å²) in [5.41, 5.74) is -0.595. The third-order valence-electron chi connectivity index (χ3n) is 4.43. The molecule has 1 aliphatic carbocycles. The molecular weight excluding hydrogens is 422 g/mol. The van der Waals surface area contributed by atoms with E-state index in [9.17, 15) is 18.0 Å². The van der Waals surface area contributed by atoms with Crippen molar-refractivity contribution in [1.29, 1.82) is 0 Å². The van der Waals surface area contributed by atoms with Crippen LogP contribution < -0.4 is 0 Å². The Bertz CT molecular complexity index is 861. The molecule has 31 heavy (non-hydrogen) atoms. The first kappa shape index (κ1) is 25.1. The minimum atomic E-state index is -3.87. The lowest BCUT2D eigenvalue weighted by atomic mass is 9.82. The fourth-order valence-electron chi connectivity index (χ4n) is 2.96. The molecule has 0 bridgehead atoms. The summed E-state index contributed by atoms with van der Waals surface area (Å²) in [4.78, 5) is 26.2. The molecule has 0 aliphatic heterocycles. The van der Waals surface area contributed by atoms with Gasteiger partial charge in [0.1, 0.15) is 11.2 Å². The largest absolute Gasteiger partial charge is 0.443 e. The van der Waals surface area contributed by atoms with Gasteiger partial charge in [-0.15, -0.1) is 0 Å². The number of hydrogen-bond acceptors (Lipinski definition) is 7. The average molecular weight is 456 g/mol. The van der Waals surface area contributed by atoms with Crippen molar-refractivity contribution in [2.75, 3.05) is 6.54 Å². The highest BCUT2D eigenvalue weighted by Crippen LogP contribution is 2.34. The third-order valence-corrected chi connectivity index (χ3v) is 5.81. The van der Waals surface area contributed by atoms with E-state index in [0.717, 1.165) is 10.5 Å². The van der Waals surface area contributed by atoms with Crippen molar-refractivity contribution in [2.24, 2.45) is 5.92 Å². The third kappa shape index (κ3) is 7.81. The molecule has 0 spiro atoms. The van der Waals surface area contributed by atoms with Crippen molar-refractivity contribution in [3.63, 3.8) is 0 Å². The molecule has 1 fully saturated rings. The van der Waals surface area contributed by atoms with Crippen molar-refractivity contribution in [3.05, 3.63) is 29.8 Å². The Morgan fingerprint density at radius 3 is 1.81 bits per heavy atom. The van der Waals surface area contributed by atoms with E-state index in [1.54, 1.807) is 53.7 Å². The van der Waals surface area contributed by atoms with Crippen LogP contribution in [-0.2, 0) is 23.8 Å². The van der Waals surface area contributed by atoms with Gasteiger partial charge < -0.3 is 9.47 Å². The first-order valence-electron chi connectivity index (χ1n) is 10.3. The summed E-state index contributed by atoms with van der Waals surface area (Å²) >= 11 is 0. The predicted molar refractivity (Wildman–Crippen MR) is 115 cm³/mol. The Kier molecular flexibility index (Phi) is 7.43. The summed E-state index contributed by atoms with van der Waals surface area (Å²) in [7, 11) is -3.87. The van der Waals surface area contributed by atoms with E-state index in [0.29, 0.717) is 12.8 Å². The molecule has 2 amide bonds. The molecule has 2 rings (SSSR count). The number of ether oxygens (including phenoxy) is 2. The maximum Gasteiger partial charge on any atom is 0.419 e. The van der Waals surface area contributed by atoms with E-state index in [1.807, 2.05) is 6.92 Å². The highest BCUT2D eigenvalue weighted by Gasteiger charge is 2.39. The van der Waals surface area contributed by atoms with Gasteiger partial charge >= 0.3 is 12.2 Å². The molecule has 1 aromatic rings. The van der Waals surface area contributed by atoms with Gasteiger partial charge in [0.05, 0.1) is 11.0 Å². The normalized spacial score (nSPS) is 19.3. The molecule has 1 saturated carbocycles. The SMILES string of the molecule is Cc1ccc(S(=O)(=O)OC2CC(CN(C(=O)OC(C)(C)C)C(=O)OC(C)(C)C)C2)cc1. The Labute approximate surface area is 185 Å². The smallest absolute Gasteiger partial charge is 0.419 e. The summed E-state index contributed by atoms with van der Waals surface area (Å²) in [6, 6.07) is 6.43. The van der Waals surface area contributed by atoms with Crippen LogP contribution in [0.3, 0.4) is 0 Å². The van der Waals surface area contributed by atoms with Gasteiger partial charge in [-0.05, 0) is 79.4 Å². The lowest BCUT2D eigenvalue weighted by Gasteiger charge is -2.37. The number of carbonyl (C=O) groups excluding carboxylic acids is 2. The van der Waals surface area contributed by atoms with E-state index >= 15 is 0 Å². The zero-order chi connectivity index (χ0) is 23.6. The Hall–Kier alpha value is -2.13. The summed E-state index contributed by atoms with van der Waals surface area (Å²) in [5.74, 6) is -0.113. The van der Waals surface area contributed by atoms with E-state index in [-0.39, 0.29) is 17.4 Å². The molecule has 0 radical (unpaired) electrons. The second kappa shape index (κ2) is 9.16. The molecule has 8 nitrogen and oxygen atoms in total. The van der Waals surface area contributed by atoms with Gasteiger partial charge in [0.2, 0.25) is 0 Å². The monoisotopic (exact) mass is 455 g/mol. The zero-order valence-corrected chi connectivity index (χ0v) is 20.1. The second-order valence-corrected chi connectivity index (χ2v) is 11.5. The standard InChI is InChI=1S/C22H33NO7S/c1-15-8-10-18(11-9-15)31(26,27)30-17-12-16(13-17)14-23(19(24)28-21(2,3)4)20(25)29-22(5,6)7/h8-11,16-17H,12-14H2,1-7H3. The molecule has 0 atom stereocenters. The summed E-state index contributed by atoms with van der Waals surface area (Å²) in [5, 5.41) is 0. The molecule has 0 unspecified atom stereocenters. The summed E-state index contributed by atoms with van der Waals surface area (Å²) < 4.78 is 40.8. The topological polar surface area (TPSA) is 99.2 Å². The van der Waals surface area contributed by atoms with Crippen LogP contribution in [0.25, 0.3) is 0 Å². The van der Waals surface area contributed by atoms with Gasteiger partial charge in [-0.3, -0.25) is 4.18 Å². The van der Waals surface area contributed by atoms with E-state index in [2.05, 4.69) is 0 Å². The quantitative estimate of drug-likeness (QED) is 0.596. The molecule has 174 valence electrons. The van der Waals surface area contributed by atoms with Gasteiger partial charge in [0, 0.05) is 6.54 Å². The molecule has 0 heterocycles. The minimum absolute atomic E-state index is 0.0638. The van der Waals surface area contributed by atoms with Gasteiger partial charge in [-0.2, -0.15) is 8.42 Å². The number of rotatable bonds is 5. The van der Waals surface area contributed by atoms with Crippen LogP contribution >= 0.6 is 0 Å². The predicted octanol–water partition coefficient (Wildman–Crippen LogP) is 4.65. The molecule has 1 aliphatic rings. The number of aryl methyl sites for hydroxylation is 1. The highest BCUT2D eigenvalue weighted by atomic mass is 32.2. The average Bonchev–Trinajstić information content (AvgIpc) is 2.53. The first-order valence-corrected chi connectivity index (χ1v) is 11.7. The lowest BCUT2D eigenvalue weighted by Crippen LogP contribution is -2.48. The molecule has 0 aromatic heterocycles. The zero-order valence-electron chi connectivity index (χ0n) is 19.3. The van der Waals surface area contributed by atoms with Gasteiger partial charge in [-0.1, -0.05) is 17.7 Å². The number of carbonyl (C=O) groups is 2. The van der Waals surface area contributed by atoms with E-state index < -0.39 is 39.6 Å². The van der Waals surface area contributed by atoms with Crippen molar-refractivity contribution in [1.82, 2.24) is 4.90 Å². The summed E-state index contributed by atoms with van der Waals surface area (Å²) in [6.45, 7) is 12.2. The fourth-order valence-corrected chi connectivity index (χ4v) is 4.05. The maximum atomic E-state index is 12.6. The molecular formula is C22H33NO7S. The molecule has 9 heteroatoms. The Morgan fingerprint density at radius 1 is 0.935 bits per heavy atom. The van der Waals surface area contributed by atoms with Crippen LogP contribution in [0.1, 0.15) is 59.9 Å². The molecule has 1 aromatic carbocycles. The highest BCUT2D eigenvalue weighted by molar-refractivity contribution is 7.86. The minimum Gasteiger partial charge on any atom is -0.443 e. The number of imide groups is 1. The van der Waals surface area contributed by atoms with Crippen LogP contribution in [0.4, 0.5) is 9.59 Å². The Morgan fingerprint density at radius 2 is 1.39 bits per heavy atom. The lowest BCUT2D eigenvalue weighted by molar-refractivity contribution is -0.0122. The van der Waals surface area contributed by atoms with Crippen molar-refractivity contribution in [3.8, 4) is 0 Å². The van der Waals surface area contributed by atoms with E-state index in [1.165, 1.54) is 12.1 Å². The fraction of sp³-hybridized carbons (Fsp3) is 0.636. The second-order valence-electron chi connectivity index (χ2n) is 9.89. The van der Waals surface area contributed by atoms with E-state index in [4.69, 9.17) is 13.7 Å². The number of hydrogen-bond donors (Lipinski definition) is 0. The number of amides is 2. The van der Waals surface area contributed by atoms with Crippen molar-refractivity contribution < 1.29 is 31.7 Å². The molecule has 0 N–H and O–H groups in total. The van der Waals surface area contributed by atoms with Crippen molar-refractivity contribution >= 4 is 22.3 Å². The summed E-state index contributed by atoms with van der Waals surface area (Å²) in [6.07, 6.45) is -1.30. The van der Waals surface area contributed by atoms with Gasteiger partial charge in [0.15, 0.2) is 0 Å². The van der Waals surface area contributed by atoms with Crippen molar-refractivity contribution in [2.45, 2.75) is 83.5 Å². The number of benzene rings is 1. The number of nitrogens with zero attached hydrogens (tertiary/aromatic N) is 1. The van der Waals surface area contributed by atoms with Gasteiger partial charge in [0.25, 0.3) is 10.1 Å². The van der Waals surface area contributed by atoms with Crippen LogP contribution in [0.15, 0.2) is 29.2 Å². The van der Waals surface area contributed by atoms with Crippen LogP contribution in [0.2, 0.25) is 0 Å². The first-order chi connectivity index (χ1) is 14.1. The van der Waals surface area contributed by atoms with Crippen LogP contribution in [0.5, 0.6) is 0 Å². The maximum absolute atomic E-state index is 12.6. The molecule has 0 saturated heterocycles. The van der Waals surface area contributed by atoms with Gasteiger partial charge in [-0.25, -0.2) is 14.5 Å². The van der Waals surface area contributed by atoms with Crippen LogP contribution in [-0.4, -0.2) is 49.4 Å².